The van der Waals surface area contributed by atoms with Crippen LogP contribution in [0.1, 0.15) is 16.8 Å². The molecule has 0 saturated carbocycles. The number of hydrogen-bond acceptors (Lipinski definition) is 5. The van der Waals surface area contributed by atoms with Gasteiger partial charge in [-0.05, 0) is 0 Å². The minimum atomic E-state index is -5.05. The first-order valence-electron chi connectivity index (χ1n) is 5.66. The van der Waals surface area contributed by atoms with E-state index in [0.717, 1.165) is 0 Å². The Morgan fingerprint density at radius 3 is 2.33 bits per heavy atom. The zero-order valence-corrected chi connectivity index (χ0v) is 11.4. The minimum absolute atomic E-state index is 0.113. The van der Waals surface area contributed by atoms with Crippen LogP contribution >= 0.6 is 0 Å². The maximum absolute atomic E-state index is 11.8. The summed E-state index contributed by atoms with van der Waals surface area (Å²) in [4.78, 5) is 22.6. The number of carbonyl (C=O) groups excluding carboxylic acids is 2. The topological polar surface area (TPSA) is 69.7 Å². The van der Waals surface area contributed by atoms with E-state index in [1.54, 1.807) is 30.3 Å². The predicted octanol–water partition coefficient (Wildman–Crippen LogP) is 2.00. The number of ketones is 1. The number of hydrogen-bond donors (Lipinski definition) is 0. The summed E-state index contributed by atoms with van der Waals surface area (Å²) in [5.41, 5.74) is -4.62. The van der Waals surface area contributed by atoms with E-state index in [4.69, 9.17) is 0 Å². The number of ether oxygens (including phenoxy) is 1. The first-order valence-corrected chi connectivity index (χ1v) is 6.74. The van der Waals surface area contributed by atoms with Crippen molar-refractivity contribution in [3.8, 4) is 0 Å². The van der Waals surface area contributed by atoms with Gasteiger partial charge in [0.05, 0.1) is 6.61 Å². The van der Waals surface area contributed by atoms with Gasteiger partial charge in [-0.1, -0.05) is 30.3 Å². The van der Waals surface area contributed by atoms with Crippen LogP contribution in [0.15, 0.2) is 30.3 Å². The normalized spacial score (nSPS) is 12.7. The summed E-state index contributed by atoms with van der Waals surface area (Å²) in [5, 5.41) is 0. The second-order valence-corrected chi connectivity index (χ2v) is 4.87. The van der Waals surface area contributed by atoms with Gasteiger partial charge in [0.2, 0.25) is 0 Å². The third-order valence-corrected chi connectivity index (χ3v) is 2.87. The third kappa shape index (κ3) is 6.50. The van der Waals surface area contributed by atoms with Crippen molar-refractivity contribution in [1.82, 2.24) is 0 Å². The number of carbonyl (C=O) groups is 2. The third-order valence-electron chi connectivity index (χ3n) is 2.16. The standard InChI is InChI=1S/C12H11F3O5S/c13-12(14,15)21(18)20-8-11(17)19-7-6-10(16)9-4-2-1-3-5-9/h1-5H,6-8H2. The molecule has 0 saturated heterocycles. The van der Waals surface area contributed by atoms with E-state index < -0.39 is 29.2 Å². The molecule has 1 aromatic carbocycles. The lowest BCUT2D eigenvalue weighted by Gasteiger charge is -2.06. The van der Waals surface area contributed by atoms with Crippen LogP contribution in [0.3, 0.4) is 0 Å². The quantitative estimate of drug-likeness (QED) is 0.567. The summed E-state index contributed by atoms with van der Waals surface area (Å²) in [7, 11) is 0. The average molecular weight is 324 g/mol. The Morgan fingerprint density at radius 1 is 1.14 bits per heavy atom. The van der Waals surface area contributed by atoms with Crippen LogP contribution in [0.25, 0.3) is 0 Å². The molecule has 0 bridgehead atoms. The van der Waals surface area contributed by atoms with E-state index in [1.807, 2.05) is 0 Å². The van der Waals surface area contributed by atoms with Gasteiger partial charge in [0, 0.05) is 12.0 Å². The van der Waals surface area contributed by atoms with Crippen molar-refractivity contribution in [1.29, 1.82) is 0 Å². The molecule has 1 rings (SSSR count). The van der Waals surface area contributed by atoms with Crippen LogP contribution in [0, 0.1) is 0 Å². The zero-order chi connectivity index (χ0) is 15.9. The highest BCUT2D eigenvalue weighted by Crippen LogP contribution is 2.20. The summed E-state index contributed by atoms with van der Waals surface area (Å²) < 4.78 is 54.2. The first kappa shape index (κ1) is 17.3. The van der Waals surface area contributed by atoms with Crippen molar-refractivity contribution in [2.45, 2.75) is 11.9 Å². The molecule has 0 radical (unpaired) electrons. The van der Waals surface area contributed by atoms with Gasteiger partial charge in [-0.2, -0.15) is 13.2 Å². The summed E-state index contributed by atoms with van der Waals surface area (Å²) in [6, 6.07) is 8.23. The van der Waals surface area contributed by atoms with E-state index in [0.29, 0.717) is 5.56 Å². The smallest absolute Gasteiger partial charge is 0.463 e. The summed E-state index contributed by atoms with van der Waals surface area (Å²) in [6.45, 7) is -1.40. The van der Waals surface area contributed by atoms with Gasteiger partial charge in [0.1, 0.15) is 0 Å². The van der Waals surface area contributed by atoms with Gasteiger partial charge < -0.3 is 4.74 Å². The van der Waals surface area contributed by atoms with Gasteiger partial charge in [-0.3, -0.25) is 8.98 Å². The maximum Gasteiger partial charge on any atom is 0.497 e. The Labute approximate surface area is 120 Å². The predicted molar refractivity (Wildman–Crippen MR) is 66.5 cm³/mol. The first-order chi connectivity index (χ1) is 9.80. The van der Waals surface area contributed by atoms with Gasteiger partial charge >= 0.3 is 11.5 Å². The highest BCUT2D eigenvalue weighted by Gasteiger charge is 2.39. The molecule has 0 aromatic heterocycles. The van der Waals surface area contributed by atoms with E-state index in [9.17, 15) is 27.0 Å². The Bertz CT molecular complexity index is 515. The minimum Gasteiger partial charge on any atom is -0.463 e. The van der Waals surface area contributed by atoms with Crippen LogP contribution in [0.4, 0.5) is 13.2 Å². The SMILES string of the molecule is O=C(COS(=O)C(F)(F)F)OCCC(=O)c1ccccc1. The van der Waals surface area contributed by atoms with Crippen LogP contribution in [-0.2, 0) is 24.8 Å². The molecule has 0 spiro atoms. The lowest BCUT2D eigenvalue weighted by atomic mass is 10.1. The monoisotopic (exact) mass is 324 g/mol. The van der Waals surface area contributed by atoms with Crippen molar-refractivity contribution in [2.75, 3.05) is 13.2 Å². The molecule has 0 aliphatic heterocycles. The molecule has 0 heterocycles. The van der Waals surface area contributed by atoms with Crippen molar-refractivity contribution in [3.05, 3.63) is 35.9 Å². The number of rotatable bonds is 7. The van der Waals surface area contributed by atoms with E-state index in [-0.39, 0.29) is 18.8 Å². The second-order valence-electron chi connectivity index (χ2n) is 3.70. The Hall–Kier alpha value is -1.74. The number of benzene rings is 1. The second kappa shape index (κ2) is 7.89. The molecule has 116 valence electrons. The largest absolute Gasteiger partial charge is 0.497 e. The van der Waals surface area contributed by atoms with Crippen LogP contribution in [0.5, 0.6) is 0 Å². The Balaban J connectivity index is 2.25. The fraction of sp³-hybridized carbons (Fsp3) is 0.333. The summed E-state index contributed by atoms with van der Waals surface area (Å²) >= 11 is -3.57. The molecule has 0 amide bonds. The van der Waals surface area contributed by atoms with Crippen molar-refractivity contribution in [3.63, 3.8) is 0 Å². The molecule has 0 aliphatic rings. The van der Waals surface area contributed by atoms with Crippen molar-refractivity contribution in [2.24, 2.45) is 0 Å². The molecular formula is C12H11F3O5S. The van der Waals surface area contributed by atoms with Crippen molar-refractivity contribution < 1.29 is 35.9 Å². The van der Waals surface area contributed by atoms with E-state index in [2.05, 4.69) is 8.92 Å². The number of esters is 1. The number of Topliss-reactive ketones (excluding diaryl/α,β-unsaturated/α-hetero) is 1. The Kier molecular flexibility index (Phi) is 6.50. The number of halogens is 3. The van der Waals surface area contributed by atoms with Gasteiger partial charge in [-0.25, -0.2) is 9.00 Å². The molecule has 1 unspecified atom stereocenters. The fourth-order valence-electron chi connectivity index (χ4n) is 1.24. The van der Waals surface area contributed by atoms with Gasteiger partial charge in [0.25, 0.3) is 11.1 Å². The highest BCUT2D eigenvalue weighted by molar-refractivity contribution is 7.81. The van der Waals surface area contributed by atoms with E-state index in [1.165, 1.54) is 0 Å². The summed E-state index contributed by atoms with van der Waals surface area (Å²) in [6.07, 6.45) is -0.113. The zero-order valence-electron chi connectivity index (χ0n) is 10.6. The molecule has 21 heavy (non-hydrogen) atoms. The molecule has 5 nitrogen and oxygen atoms in total. The molecule has 1 aromatic rings. The average Bonchev–Trinajstić information content (AvgIpc) is 2.44. The molecule has 0 fully saturated rings. The Morgan fingerprint density at radius 2 is 1.76 bits per heavy atom. The number of alkyl halides is 3. The van der Waals surface area contributed by atoms with Crippen LogP contribution in [0.2, 0.25) is 0 Å². The lowest BCUT2D eigenvalue weighted by molar-refractivity contribution is -0.145. The lowest BCUT2D eigenvalue weighted by Crippen LogP contribution is -2.23. The van der Waals surface area contributed by atoms with Gasteiger partial charge in [0.15, 0.2) is 12.4 Å². The molecule has 9 heteroatoms. The molecular weight excluding hydrogens is 313 g/mol. The maximum atomic E-state index is 11.8. The van der Waals surface area contributed by atoms with E-state index >= 15 is 0 Å². The summed E-state index contributed by atoms with van der Waals surface area (Å²) in [5.74, 6) is -1.41. The highest BCUT2D eigenvalue weighted by atomic mass is 32.2. The van der Waals surface area contributed by atoms with Gasteiger partial charge in [-0.15, -0.1) is 0 Å². The molecule has 0 N–H and O–H groups in total. The van der Waals surface area contributed by atoms with Crippen molar-refractivity contribution >= 4 is 22.8 Å². The fourth-order valence-corrected chi connectivity index (χ4v) is 1.57. The van der Waals surface area contributed by atoms with Crippen LogP contribution in [-0.4, -0.2) is 34.7 Å². The molecule has 1 atom stereocenters. The van der Waals surface area contributed by atoms with Crippen LogP contribution < -0.4 is 0 Å². The molecule has 0 aliphatic carbocycles.